The van der Waals surface area contributed by atoms with E-state index >= 15 is 0 Å². The summed E-state index contributed by atoms with van der Waals surface area (Å²) in [5.41, 5.74) is 1.21. The number of aldehydes is 1. The monoisotopic (exact) mass is 399 g/mol. The summed E-state index contributed by atoms with van der Waals surface area (Å²) < 4.78 is 33.3. The summed E-state index contributed by atoms with van der Waals surface area (Å²) in [5, 5.41) is 1.88. The number of aromatic nitrogens is 1. The first kappa shape index (κ1) is 17.6. The number of carbonyl (C=O) groups excluding carboxylic acids is 1. The van der Waals surface area contributed by atoms with Crippen molar-refractivity contribution in [2.24, 2.45) is 0 Å². The topological polar surface area (TPSA) is 65.4 Å². The molecule has 0 saturated heterocycles. The predicted molar refractivity (Wildman–Crippen MR) is 105 cm³/mol. The average molecular weight is 400 g/mol. The van der Waals surface area contributed by atoms with Crippen molar-refractivity contribution in [2.75, 3.05) is 7.11 Å². The molecule has 27 heavy (non-hydrogen) atoms. The van der Waals surface area contributed by atoms with Crippen LogP contribution >= 0.6 is 11.6 Å². The highest BCUT2D eigenvalue weighted by molar-refractivity contribution is 7.90. The maximum absolute atomic E-state index is 13.4. The number of ether oxygens (including phenoxy) is 1. The fourth-order valence-electron chi connectivity index (χ4n) is 3.22. The van der Waals surface area contributed by atoms with Crippen LogP contribution in [0, 0.1) is 0 Å². The number of fused-ring (bicyclic) bond motifs is 3. The smallest absolute Gasteiger partial charge is 0.268 e. The van der Waals surface area contributed by atoms with E-state index in [-0.39, 0.29) is 10.5 Å². The van der Waals surface area contributed by atoms with E-state index in [2.05, 4.69) is 0 Å². The lowest BCUT2D eigenvalue weighted by Crippen LogP contribution is -2.12. The largest absolute Gasteiger partial charge is 0.496 e. The van der Waals surface area contributed by atoms with E-state index in [1.165, 1.54) is 41.4 Å². The number of carbonyl (C=O) groups is 1. The quantitative estimate of drug-likeness (QED) is 0.474. The van der Waals surface area contributed by atoms with Gasteiger partial charge in [0.25, 0.3) is 10.0 Å². The van der Waals surface area contributed by atoms with Crippen LogP contribution in [0.1, 0.15) is 10.4 Å². The summed E-state index contributed by atoms with van der Waals surface area (Å²) in [6.45, 7) is 0. The van der Waals surface area contributed by atoms with Gasteiger partial charge in [-0.25, -0.2) is 12.4 Å². The number of nitrogens with zero attached hydrogens (tertiary/aromatic N) is 1. The number of hydrogen-bond acceptors (Lipinski definition) is 4. The van der Waals surface area contributed by atoms with Crippen LogP contribution in [0.15, 0.2) is 65.6 Å². The van der Waals surface area contributed by atoms with Crippen molar-refractivity contribution >= 4 is 49.7 Å². The van der Waals surface area contributed by atoms with E-state index in [1.54, 1.807) is 18.2 Å². The van der Waals surface area contributed by atoms with Gasteiger partial charge in [0, 0.05) is 15.8 Å². The lowest BCUT2D eigenvalue weighted by atomic mass is 10.1. The van der Waals surface area contributed by atoms with Gasteiger partial charge in [-0.05, 0) is 42.5 Å². The van der Waals surface area contributed by atoms with Crippen LogP contribution < -0.4 is 4.74 Å². The standard InChI is InChI=1S/C20H14ClNO4S/c1-26-20-11-17-16-4-2-3-5-18(16)22(19(17)10-13(20)12-23)27(24,25)15-8-6-14(21)7-9-15/h2-12H,1H3. The van der Waals surface area contributed by atoms with Crippen LogP contribution in [0.2, 0.25) is 5.02 Å². The maximum Gasteiger partial charge on any atom is 0.268 e. The van der Waals surface area contributed by atoms with E-state index in [9.17, 15) is 13.2 Å². The molecule has 0 N–H and O–H groups in total. The summed E-state index contributed by atoms with van der Waals surface area (Å²) >= 11 is 5.90. The van der Waals surface area contributed by atoms with Crippen LogP contribution in [-0.2, 0) is 10.0 Å². The van der Waals surface area contributed by atoms with Crippen LogP contribution in [0.3, 0.4) is 0 Å². The molecule has 0 radical (unpaired) electrons. The predicted octanol–water partition coefficient (Wildman–Crippen LogP) is 4.51. The Morgan fingerprint density at radius 2 is 1.67 bits per heavy atom. The van der Waals surface area contributed by atoms with Crippen LogP contribution in [0.5, 0.6) is 5.75 Å². The van der Waals surface area contributed by atoms with Crippen LogP contribution in [0.4, 0.5) is 0 Å². The number of rotatable bonds is 4. The molecule has 0 atom stereocenters. The first-order valence-corrected chi connectivity index (χ1v) is 9.86. The second kappa shape index (κ2) is 6.40. The van der Waals surface area contributed by atoms with Crippen molar-refractivity contribution in [3.8, 4) is 5.75 Å². The van der Waals surface area contributed by atoms with Crippen molar-refractivity contribution in [3.63, 3.8) is 0 Å². The lowest BCUT2D eigenvalue weighted by molar-refractivity contribution is 0.112. The van der Waals surface area contributed by atoms with Crippen LogP contribution in [-0.4, -0.2) is 25.8 Å². The van der Waals surface area contributed by atoms with Gasteiger partial charge in [-0.1, -0.05) is 29.8 Å². The first-order chi connectivity index (χ1) is 13.0. The lowest BCUT2D eigenvalue weighted by Gasteiger charge is -2.10. The highest BCUT2D eigenvalue weighted by Crippen LogP contribution is 2.36. The molecule has 0 fully saturated rings. The highest BCUT2D eigenvalue weighted by Gasteiger charge is 2.24. The summed E-state index contributed by atoms with van der Waals surface area (Å²) in [5.74, 6) is 0.393. The van der Waals surface area contributed by atoms with E-state index < -0.39 is 10.0 Å². The van der Waals surface area contributed by atoms with Gasteiger partial charge in [-0.3, -0.25) is 4.79 Å². The molecule has 0 saturated carbocycles. The molecule has 0 unspecified atom stereocenters. The normalized spacial score (nSPS) is 11.8. The molecule has 0 aliphatic rings. The second-order valence-corrected chi connectivity index (χ2v) is 8.19. The van der Waals surface area contributed by atoms with Gasteiger partial charge < -0.3 is 4.74 Å². The molecule has 0 spiro atoms. The number of para-hydroxylation sites is 1. The zero-order chi connectivity index (χ0) is 19.2. The van der Waals surface area contributed by atoms with Gasteiger partial charge in [0.15, 0.2) is 6.29 Å². The number of hydrogen-bond donors (Lipinski definition) is 0. The number of halogens is 1. The number of methoxy groups -OCH3 is 1. The molecule has 5 nitrogen and oxygen atoms in total. The molecule has 0 aliphatic carbocycles. The Bertz CT molecular complexity index is 1290. The average Bonchev–Trinajstić information content (AvgIpc) is 3.01. The second-order valence-electron chi connectivity index (χ2n) is 5.97. The number of benzene rings is 3. The molecule has 1 heterocycles. The Morgan fingerprint density at radius 3 is 2.33 bits per heavy atom. The van der Waals surface area contributed by atoms with Gasteiger partial charge >= 0.3 is 0 Å². The third kappa shape index (κ3) is 2.69. The third-order valence-corrected chi connectivity index (χ3v) is 6.45. The van der Waals surface area contributed by atoms with Crippen molar-refractivity contribution in [3.05, 3.63) is 71.2 Å². The first-order valence-electron chi connectivity index (χ1n) is 8.05. The molecule has 0 aliphatic heterocycles. The minimum Gasteiger partial charge on any atom is -0.496 e. The molecule has 0 bridgehead atoms. The van der Waals surface area contributed by atoms with Gasteiger partial charge in [-0.2, -0.15) is 0 Å². The van der Waals surface area contributed by atoms with Gasteiger partial charge in [0.2, 0.25) is 0 Å². The van der Waals surface area contributed by atoms with E-state index in [1.807, 2.05) is 12.1 Å². The Labute approximate surface area is 160 Å². The summed E-state index contributed by atoms with van der Waals surface area (Å²) in [6, 6.07) is 16.4. The fraction of sp³-hybridized carbons (Fsp3) is 0.0500. The Kier molecular flexibility index (Phi) is 4.17. The van der Waals surface area contributed by atoms with E-state index in [0.717, 1.165) is 5.39 Å². The molecule has 4 aromatic rings. The minimum atomic E-state index is -3.91. The molecule has 4 rings (SSSR count). The summed E-state index contributed by atoms with van der Waals surface area (Å²) in [4.78, 5) is 11.6. The van der Waals surface area contributed by atoms with Crippen molar-refractivity contribution in [2.45, 2.75) is 4.90 Å². The van der Waals surface area contributed by atoms with Crippen LogP contribution in [0.25, 0.3) is 21.8 Å². The Balaban J connectivity index is 2.15. The van der Waals surface area contributed by atoms with E-state index in [0.29, 0.717) is 33.5 Å². The maximum atomic E-state index is 13.4. The summed E-state index contributed by atoms with van der Waals surface area (Å²) in [6.07, 6.45) is 0.648. The summed E-state index contributed by atoms with van der Waals surface area (Å²) in [7, 11) is -2.44. The van der Waals surface area contributed by atoms with Crippen molar-refractivity contribution < 1.29 is 17.9 Å². The Hall–Kier alpha value is -2.83. The van der Waals surface area contributed by atoms with Gasteiger partial charge in [0.05, 0.1) is 28.6 Å². The van der Waals surface area contributed by atoms with Crippen molar-refractivity contribution in [1.29, 1.82) is 0 Å². The fourth-order valence-corrected chi connectivity index (χ4v) is 4.86. The molecule has 7 heteroatoms. The molecule has 0 amide bonds. The van der Waals surface area contributed by atoms with Gasteiger partial charge in [-0.15, -0.1) is 0 Å². The minimum absolute atomic E-state index is 0.109. The van der Waals surface area contributed by atoms with Crippen molar-refractivity contribution in [1.82, 2.24) is 3.97 Å². The zero-order valence-electron chi connectivity index (χ0n) is 14.2. The zero-order valence-corrected chi connectivity index (χ0v) is 15.8. The van der Waals surface area contributed by atoms with E-state index in [4.69, 9.17) is 16.3 Å². The molecular weight excluding hydrogens is 386 g/mol. The highest BCUT2D eigenvalue weighted by atomic mass is 35.5. The molecule has 3 aromatic carbocycles. The molecular formula is C20H14ClNO4S. The molecule has 1 aromatic heterocycles. The van der Waals surface area contributed by atoms with Gasteiger partial charge in [0.1, 0.15) is 5.75 Å². The SMILES string of the molecule is COc1cc2c3ccccc3n(S(=O)(=O)c3ccc(Cl)cc3)c2cc1C=O. The third-order valence-electron chi connectivity index (χ3n) is 4.46. The molecule has 136 valence electrons. The Morgan fingerprint density at radius 1 is 0.963 bits per heavy atom.